The molecule has 3 rings (SSSR count). The molecule has 21 heavy (non-hydrogen) atoms. The normalized spacial score (nSPS) is 12.7. The van der Waals surface area contributed by atoms with Gasteiger partial charge in [-0.15, -0.1) is 11.8 Å². The van der Waals surface area contributed by atoms with Gasteiger partial charge in [-0.25, -0.2) is 5.43 Å². The fraction of sp³-hybridized carbons (Fsp3) is 0.125. The van der Waals surface area contributed by atoms with E-state index in [-0.39, 0.29) is 6.04 Å². The number of rotatable bonds is 4. The third kappa shape index (κ3) is 2.94. The van der Waals surface area contributed by atoms with Crippen LogP contribution in [-0.2, 0) is 0 Å². The van der Waals surface area contributed by atoms with Gasteiger partial charge in [-0.05, 0) is 48.2 Å². The number of halogens is 1. The lowest BCUT2D eigenvalue weighted by molar-refractivity contribution is 0.477. The summed E-state index contributed by atoms with van der Waals surface area (Å²) in [4.78, 5) is 1.21. The maximum Gasteiger partial charge on any atom is 0.134 e. The number of hydrazine groups is 1. The first kappa shape index (κ1) is 14.5. The number of benzene rings is 2. The van der Waals surface area contributed by atoms with E-state index in [0.717, 1.165) is 22.3 Å². The predicted molar refractivity (Wildman–Crippen MR) is 88.6 cm³/mol. The molecule has 1 heterocycles. The Morgan fingerprint density at radius 1 is 1.14 bits per heavy atom. The molecule has 5 heteroatoms. The number of furan rings is 1. The molecule has 0 amide bonds. The van der Waals surface area contributed by atoms with Crippen LogP contribution in [0.5, 0.6) is 0 Å². The van der Waals surface area contributed by atoms with Crippen LogP contribution in [0.2, 0.25) is 5.02 Å². The number of hydrogen-bond acceptors (Lipinski definition) is 4. The van der Waals surface area contributed by atoms with E-state index in [1.54, 1.807) is 11.8 Å². The molecule has 0 saturated heterocycles. The lowest BCUT2D eigenvalue weighted by Crippen LogP contribution is -2.28. The highest BCUT2D eigenvalue weighted by molar-refractivity contribution is 7.98. The third-order valence-corrected chi connectivity index (χ3v) is 4.38. The predicted octanol–water partition coefficient (Wildman–Crippen LogP) is 4.36. The zero-order valence-electron chi connectivity index (χ0n) is 11.5. The van der Waals surface area contributed by atoms with E-state index >= 15 is 0 Å². The smallest absolute Gasteiger partial charge is 0.134 e. The molecule has 0 aliphatic rings. The fourth-order valence-electron chi connectivity index (χ4n) is 2.32. The Labute approximate surface area is 132 Å². The Kier molecular flexibility index (Phi) is 4.22. The quantitative estimate of drug-likeness (QED) is 0.426. The van der Waals surface area contributed by atoms with Gasteiger partial charge in [-0.3, -0.25) is 5.84 Å². The zero-order valence-corrected chi connectivity index (χ0v) is 13.0. The van der Waals surface area contributed by atoms with Gasteiger partial charge >= 0.3 is 0 Å². The summed E-state index contributed by atoms with van der Waals surface area (Å²) in [6.45, 7) is 0. The monoisotopic (exact) mass is 318 g/mol. The maximum atomic E-state index is 6.01. The Hall–Kier alpha value is -1.46. The van der Waals surface area contributed by atoms with Gasteiger partial charge < -0.3 is 4.42 Å². The van der Waals surface area contributed by atoms with Crippen LogP contribution in [0.25, 0.3) is 11.0 Å². The first-order chi connectivity index (χ1) is 10.2. The molecule has 3 N–H and O–H groups in total. The molecule has 3 nitrogen and oxygen atoms in total. The average molecular weight is 319 g/mol. The molecule has 0 fully saturated rings. The van der Waals surface area contributed by atoms with E-state index in [2.05, 4.69) is 35.9 Å². The summed E-state index contributed by atoms with van der Waals surface area (Å²) >= 11 is 7.72. The number of fused-ring (bicyclic) bond motifs is 1. The second-order valence-corrected chi connectivity index (χ2v) is 6.02. The van der Waals surface area contributed by atoms with Gasteiger partial charge in [0.15, 0.2) is 0 Å². The lowest BCUT2D eigenvalue weighted by Gasteiger charge is -2.14. The highest BCUT2D eigenvalue weighted by atomic mass is 35.5. The summed E-state index contributed by atoms with van der Waals surface area (Å²) in [5.41, 5.74) is 4.67. The van der Waals surface area contributed by atoms with Crippen molar-refractivity contribution in [3.05, 3.63) is 64.9 Å². The Morgan fingerprint density at radius 2 is 1.90 bits per heavy atom. The van der Waals surface area contributed by atoms with Crippen LogP contribution in [0, 0.1) is 0 Å². The molecule has 0 bridgehead atoms. The molecule has 0 aliphatic heterocycles. The Bertz CT molecular complexity index is 755. The minimum atomic E-state index is -0.188. The molecule has 0 radical (unpaired) electrons. The van der Waals surface area contributed by atoms with Crippen molar-refractivity contribution in [3.63, 3.8) is 0 Å². The minimum Gasteiger partial charge on any atom is -0.459 e. The van der Waals surface area contributed by atoms with Crippen LogP contribution in [-0.4, -0.2) is 6.26 Å². The number of thioether (sulfide) groups is 1. The van der Waals surface area contributed by atoms with Crippen molar-refractivity contribution in [2.75, 3.05) is 6.26 Å². The van der Waals surface area contributed by atoms with E-state index < -0.39 is 0 Å². The third-order valence-electron chi connectivity index (χ3n) is 3.40. The molecule has 108 valence electrons. The van der Waals surface area contributed by atoms with E-state index in [1.165, 1.54) is 4.90 Å². The van der Waals surface area contributed by atoms with Crippen LogP contribution in [0.15, 0.2) is 57.8 Å². The van der Waals surface area contributed by atoms with E-state index in [1.807, 2.05) is 24.3 Å². The summed E-state index contributed by atoms with van der Waals surface area (Å²) < 4.78 is 5.88. The molecule has 0 aliphatic carbocycles. The molecule has 1 atom stereocenters. The van der Waals surface area contributed by atoms with Crippen molar-refractivity contribution >= 4 is 34.3 Å². The van der Waals surface area contributed by atoms with E-state index in [4.69, 9.17) is 21.9 Å². The van der Waals surface area contributed by atoms with Crippen molar-refractivity contribution in [1.82, 2.24) is 5.43 Å². The fourth-order valence-corrected chi connectivity index (χ4v) is 2.90. The molecule has 0 spiro atoms. The molecular weight excluding hydrogens is 304 g/mol. The topological polar surface area (TPSA) is 51.2 Å². The van der Waals surface area contributed by atoms with E-state index in [0.29, 0.717) is 5.02 Å². The van der Waals surface area contributed by atoms with Crippen molar-refractivity contribution in [2.24, 2.45) is 5.84 Å². The van der Waals surface area contributed by atoms with Gasteiger partial charge in [0.25, 0.3) is 0 Å². The standard InChI is InChI=1S/C16H15ClN2OS/c1-21-13-5-2-10(3-6-13)16(19-18)15-9-11-8-12(17)4-7-14(11)20-15/h2-9,16,19H,18H2,1H3. The summed E-state index contributed by atoms with van der Waals surface area (Å²) in [6, 6.07) is 15.6. The SMILES string of the molecule is CSc1ccc(C(NN)c2cc3cc(Cl)ccc3o2)cc1. The number of nitrogens with two attached hydrogens (primary N) is 1. The summed E-state index contributed by atoms with van der Waals surface area (Å²) in [7, 11) is 0. The molecule has 2 aromatic carbocycles. The first-order valence-corrected chi connectivity index (χ1v) is 8.10. The van der Waals surface area contributed by atoms with Crippen LogP contribution >= 0.6 is 23.4 Å². The zero-order chi connectivity index (χ0) is 14.8. The second-order valence-electron chi connectivity index (χ2n) is 4.70. The highest BCUT2D eigenvalue weighted by Crippen LogP contribution is 2.30. The minimum absolute atomic E-state index is 0.188. The van der Waals surface area contributed by atoms with Crippen LogP contribution in [0.1, 0.15) is 17.4 Å². The van der Waals surface area contributed by atoms with Gasteiger partial charge in [0.2, 0.25) is 0 Å². The summed E-state index contributed by atoms with van der Waals surface area (Å²) in [5.74, 6) is 6.49. The van der Waals surface area contributed by atoms with Crippen LogP contribution in [0.3, 0.4) is 0 Å². The van der Waals surface area contributed by atoms with Crippen molar-refractivity contribution in [1.29, 1.82) is 0 Å². The molecule has 1 aromatic heterocycles. The van der Waals surface area contributed by atoms with Crippen molar-refractivity contribution in [2.45, 2.75) is 10.9 Å². The van der Waals surface area contributed by atoms with Crippen molar-refractivity contribution in [3.8, 4) is 0 Å². The van der Waals surface area contributed by atoms with Crippen LogP contribution < -0.4 is 11.3 Å². The lowest BCUT2D eigenvalue weighted by atomic mass is 10.1. The van der Waals surface area contributed by atoms with Crippen molar-refractivity contribution < 1.29 is 4.42 Å². The molecule has 1 unspecified atom stereocenters. The second kappa shape index (κ2) is 6.12. The molecule has 0 saturated carbocycles. The van der Waals surface area contributed by atoms with Gasteiger partial charge in [0.1, 0.15) is 17.4 Å². The Balaban J connectivity index is 2.00. The average Bonchev–Trinajstić information content (AvgIpc) is 2.91. The molecule has 3 aromatic rings. The number of hydrogen-bond donors (Lipinski definition) is 2. The van der Waals surface area contributed by atoms with Gasteiger partial charge in [0, 0.05) is 15.3 Å². The number of nitrogens with one attached hydrogen (secondary N) is 1. The molecular formula is C16H15ClN2OS. The first-order valence-electron chi connectivity index (χ1n) is 6.50. The Morgan fingerprint density at radius 3 is 2.57 bits per heavy atom. The maximum absolute atomic E-state index is 6.01. The van der Waals surface area contributed by atoms with Crippen LogP contribution in [0.4, 0.5) is 0 Å². The largest absolute Gasteiger partial charge is 0.459 e. The van der Waals surface area contributed by atoms with Gasteiger partial charge in [-0.1, -0.05) is 23.7 Å². The van der Waals surface area contributed by atoms with E-state index in [9.17, 15) is 0 Å². The highest BCUT2D eigenvalue weighted by Gasteiger charge is 2.17. The summed E-state index contributed by atoms with van der Waals surface area (Å²) in [6.07, 6.45) is 2.05. The van der Waals surface area contributed by atoms with Gasteiger partial charge in [0.05, 0.1) is 0 Å². The summed E-state index contributed by atoms with van der Waals surface area (Å²) in [5, 5.41) is 1.66. The van der Waals surface area contributed by atoms with Gasteiger partial charge in [-0.2, -0.15) is 0 Å².